The van der Waals surface area contributed by atoms with Gasteiger partial charge in [-0.15, -0.1) is 0 Å². The van der Waals surface area contributed by atoms with Gasteiger partial charge in [0.15, 0.2) is 0 Å². The Kier molecular flexibility index (Phi) is 11.4. The summed E-state index contributed by atoms with van der Waals surface area (Å²) >= 11 is 0. The van der Waals surface area contributed by atoms with Crippen LogP contribution in [0.5, 0.6) is 0 Å². The van der Waals surface area contributed by atoms with E-state index in [1.165, 1.54) is 89.0 Å². The molecule has 0 atom stereocenters. The predicted octanol–water partition coefficient (Wildman–Crippen LogP) is 26.5. The summed E-state index contributed by atoms with van der Waals surface area (Å²) in [7, 11) is 0. The maximum atomic E-state index is 7.09. The van der Waals surface area contributed by atoms with Gasteiger partial charge in [0.1, 0.15) is 45.0 Å². The van der Waals surface area contributed by atoms with Crippen molar-refractivity contribution in [3.63, 3.8) is 0 Å². The van der Waals surface area contributed by atoms with Crippen LogP contribution in [0.1, 0.15) is 99.9 Å². The van der Waals surface area contributed by atoms with Crippen LogP contribution in [0.3, 0.4) is 0 Å². The van der Waals surface area contributed by atoms with Gasteiger partial charge >= 0.3 is 0 Å². The van der Waals surface area contributed by atoms with Crippen molar-refractivity contribution >= 4 is 99.9 Å². The number of hydrogen-bond donors (Lipinski definition) is 0. The smallest absolute Gasteiger partial charge is 0.137 e. The molecule has 4 aromatic heterocycles. The van der Waals surface area contributed by atoms with Crippen molar-refractivity contribution < 1.29 is 17.7 Å². The number of para-hydroxylation sites is 2. The first-order valence-corrected chi connectivity index (χ1v) is 35.0. The third-order valence-electron chi connectivity index (χ3n) is 23.5. The Hall–Kier alpha value is -11.9. The van der Waals surface area contributed by atoms with Gasteiger partial charge in [0.05, 0.1) is 0 Å². The average molecular weight is 1290 g/mol. The molecule has 0 spiro atoms. The standard InChI is InChI=1S/C94H68N2O4/c1-91(2)75-21-13-11-19-63(75)67-35-27-57(45-79(67)91)95(59-29-37-69-65-33-25-55(41-77(65)93(5,6)81(69)47-59)85-43-53-17-9-15-23-83(53)97-85)61-31-39-71-73-51-90-74(52-89(73)99-87(71)49-61)72-40-32-62(50-88(72)100-90)96(58-28-36-68-64-20-12-14-22-76(64)92(3,4)80(68)46-58)60-30-38-70-66-34-26-56(42-78(66)94(7,8)82(70)48-60)86-44-54-18-10-16-24-84(54)98-86/h9-52H,1-8H3. The summed E-state index contributed by atoms with van der Waals surface area (Å²) in [5.74, 6) is 1.76. The molecule has 0 saturated carbocycles. The fraction of sp³-hybridized carbons (Fsp3) is 0.128. The quantitative estimate of drug-likeness (QED) is 0.151. The summed E-state index contributed by atoms with van der Waals surface area (Å²) in [4.78, 5) is 4.85. The van der Waals surface area contributed by atoms with Gasteiger partial charge in [0, 0.05) is 111 Å². The molecule has 0 fully saturated rings. The van der Waals surface area contributed by atoms with E-state index in [1.54, 1.807) is 0 Å². The van der Waals surface area contributed by atoms with Crippen molar-refractivity contribution in [2.75, 3.05) is 9.80 Å². The van der Waals surface area contributed by atoms with Gasteiger partial charge < -0.3 is 27.5 Å². The lowest BCUT2D eigenvalue weighted by atomic mass is 9.81. The maximum Gasteiger partial charge on any atom is 0.137 e. The van der Waals surface area contributed by atoms with Crippen LogP contribution >= 0.6 is 0 Å². The number of fused-ring (bicyclic) bond motifs is 20. The van der Waals surface area contributed by atoms with Crippen molar-refractivity contribution in [2.24, 2.45) is 0 Å². The minimum Gasteiger partial charge on any atom is -0.456 e. The second kappa shape index (κ2) is 19.9. The van der Waals surface area contributed by atoms with Gasteiger partial charge in [0.2, 0.25) is 0 Å². The molecule has 6 heteroatoms. The predicted molar refractivity (Wildman–Crippen MR) is 411 cm³/mol. The number of furan rings is 4. The van der Waals surface area contributed by atoms with E-state index in [4.69, 9.17) is 17.7 Å². The first-order valence-electron chi connectivity index (χ1n) is 35.0. The summed E-state index contributed by atoms with van der Waals surface area (Å²) in [6.45, 7) is 18.9. The molecule has 0 unspecified atom stereocenters. The highest BCUT2D eigenvalue weighted by molar-refractivity contribution is 6.16. The lowest BCUT2D eigenvalue weighted by molar-refractivity contribution is 0.629. The van der Waals surface area contributed by atoms with Gasteiger partial charge in [-0.2, -0.15) is 0 Å². The first kappa shape index (κ1) is 57.2. The Morgan fingerprint density at radius 1 is 0.210 bits per heavy atom. The molecule has 0 amide bonds. The van der Waals surface area contributed by atoms with Gasteiger partial charge in [-0.3, -0.25) is 0 Å². The molecule has 0 bridgehead atoms. The van der Waals surface area contributed by atoms with E-state index in [9.17, 15) is 0 Å². The molecule has 6 nitrogen and oxygen atoms in total. The highest BCUT2D eigenvalue weighted by Crippen LogP contribution is 2.57. The second-order valence-corrected chi connectivity index (χ2v) is 30.4. The number of hydrogen-bond acceptors (Lipinski definition) is 6. The normalized spacial score (nSPS) is 15.1. The SMILES string of the molecule is CC1(C)c2ccccc2-c2ccc(N(c3ccc4c(c3)C(C)(C)c3cc(-c5cc6ccccc6o5)ccc3-4)c3ccc4c(c3)oc3cc5c(cc34)oc3cc(N(c4ccc6c(c4)C(C)(C)c4ccccc4-6)c4ccc6c(c4)C(C)(C)c4cc(-c7cc8ccccc8o7)ccc4-6)ccc35)cc21. The summed E-state index contributed by atoms with van der Waals surface area (Å²) < 4.78 is 27.0. The molecule has 478 valence electrons. The van der Waals surface area contributed by atoms with Crippen molar-refractivity contribution in [3.05, 3.63) is 311 Å². The average Bonchev–Trinajstić information content (AvgIpc) is 1.58. The van der Waals surface area contributed by atoms with Crippen molar-refractivity contribution in [2.45, 2.75) is 77.0 Å². The highest BCUT2D eigenvalue weighted by Gasteiger charge is 2.41. The molecule has 4 aliphatic rings. The molecular weight excluding hydrogens is 1220 g/mol. The molecule has 17 aromatic rings. The van der Waals surface area contributed by atoms with E-state index >= 15 is 0 Å². The number of anilines is 6. The monoisotopic (exact) mass is 1290 g/mol. The van der Waals surface area contributed by atoms with Crippen LogP contribution in [0.2, 0.25) is 0 Å². The van der Waals surface area contributed by atoms with E-state index in [-0.39, 0.29) is 21.7 Å². The third-order valence-corrected chi connectivity index (χ3v) is 23.5. The molecule has 100 heavy (non-hydrogen) atoms. The summed E-state index contributed by atoms with van der Waals surface area (Å²) in [5, 5.41) is 6.27. The van der Waals surface area contributed by atoms with Crippen LogP contribution < -0.4 is 9.80 Å². The molecule has 13 aromatic carbocycles. The molecule has 0 N–H and O–H groups in total. The summed E-state index contributed by atoms with van der Waals surface area (Å²) in [6.07, 6.45) is 0. The number of rotatable bonds is 8. The van der Waals surface area contributed by atoms with Crippen molar-refractivity contribution in [1.29, 1.82) is 0 Å². The van der Waals surface area contributed by atoms with Crippen LogP contribution in [0.15, 0.2) is 285 Å². The van der Waals surface area contributed by atoms with Gasteiger partial charge in [0.25, 0.3) is 0 Å². The topological polar surface area (TPSA) is 59.0 Å². The fourth-order valence-corrected chi connectivity index (χ4v) is 18.1. The van der Waals surface area contributed by atoms with E-state index in [2.05, 4.69) is 308 Å². The van der Waals surface area contributed by atoms with Crippen molar-refractivity contribution in [1.82, 2.24) is 0 Å². The third kappa shape index (κ3) is 7.96. The zero-order valence-electron chi connectivity index (χ0n) is 56.9. The minimum absolute atomic E-state index is 0.192. The Balaban J connectivity index is 0.666. The lowest BCUT2D eigenvalue weighted by Crippen LogP contribution is -2.18. The zero-order chi connectivity index (χ0) is 67.0. The Morgan fingerprint density at radius 3 is 0.880 bits per heavy atom. The molecule has 4 heterocycles. The molecule has 21 rings (SSSR count). The van der Waals surface area contributed by atoms with Gasteiger partial charge in [-0.1, -0.05) is 189 Å². The Morgan fingerprint density at radius 2 is 0.500 bits per heavy atom. The number of nitrogens with zero attached hydrogens (tertiary/aromatic N) is 2. The van der Waals surface area contributed by atoms with Crippen LogP contribution in [-0.2, 0) is 21.7 Å². The van der Waals surface area contributed by atoms with E-state index in [0.29, 0.717) is 0 Å². The molecule has 0 radical (unpaired) electrons. The van der Waals surface area contributed by atoms with Crippen LogP contribution in [0.4, 0.5) is 34.1 Å². The largest absolute Gasteiger partial charge is 0.456 e. The van der Waals surface area contributed by atoms with Crippen molar-refractivity contribution in [3.8, 4) is 67.2 Å². The second-order valence-electron chi connectivity index (χ2n) is 30.4. The fourth-order valence-electron chi connectivity index (χ4n) is 18.1. The number of benzene rings is 13. The lowest BCUT2D eigenvalue weighted by Gasteiger charge is -2.29. The van der Waals surface area contributed by atoms with E-state index < -0.39 is 0 Å². The first-order chi connectivity index (χ1) is 48.5. The molecule has 4 aliphatic carbocycles. The minimum atomic E-state index is -0.300. The Bertz CT molecular complexity index is 5990. The van der Waals surface area contributed by atoms with Crippen LogP contribution in [0, 0.1) is 0 Å². The van der Waals surface area contributed by atoms with Gasteiger partial charge in [-0.25, -0.2) is 0 Å². The Labute approximate surface area is 579 Å². The summed E-state index contributed by atoms with van der Waals surface area (Å²) in [5.41, 5.74) is 33.2. The summed E-state index contributed by atoms with van der Waals surface area (Å²) in [6, 6.07) is 98.3. The van der Waals surface area contributed by atoms with Crippen LogP contribution in [0.25, 0.3) is 133 Å². The van der Waals surface area contributed by atoms with E-state index in [0.717, 1.165) is 123 Å². The van der Waals surface area contributed by atoms with Gasteiger partial charge in [-0.05, 0) is 210 Å². The molecular formula is C94H68N2O4. The highest BCUT2D eigenvalue weighted by atomic mass is 16.3. The van der Waals surface area contributed by atoms with E-state index in [1.807, 2.05) is 24.3 Å². The molecule has 0 aliphatic heterocycles. The maximum absolute atomic E-state index is 7.09. The zero-order valence-corrected chi connectivity index (χ0v) is 56.9. The van der Waals surface area contributed by atoms with Crippen LogP contribution in [-0.4, -0.2) is 0 Å². The molecule has 0 saturated heterocycles.